The van der Waals surface area contributed by atoms with Crippen molar-refractivity contribution in [3.8, 4) is 6.07 Å². The highest BCUT2D eigenvalue weighted by atomic mass is 15.0. The van der Waals surface area contributed by atoms with Gasteiger partial charge in [0.2, 0.25) is 0 Å². The van der Waals surface area contributed by atoms with Crippen molar-refractivity contribution < 1.29 is 0 Å². The highest BCUT2D eigenvalue weighted by Crippen LogP contribution is 2.15. The Balaban J connectivity index is 2.08. The molecule has 0 bridgehead atoms. The summed E-state index contributed by atoms with van der Waals surface area (Å²) in [6, 6.07) is 11.2. The summed E-state index contributed by atoms with van der Waals surface area (Å²) in [6.45, 7) is 4.68. The average Bonchev–Trinajstić information content (AvgIpc) is 2.45. The van der Waals surface area contributed by atoms with Gasteiger partial charge in [0.1, 0.15) is 17.5 Å². The lowest BCUT2D eigenvalue weighted by molar-refractivity contribution is 0.777. The van der Waals surface area contributed by atoms with Gasteiger partial charge >= 0.3 is 0 Å². The monoisotopic (exact) mass is 267 g/mol. The Labute approximate surface area is 118 Å². The third kappa shape index (κ3) is 3.45. The molecule has 5 heteroatoms. The summed E-state index contributed by atoms with van der Waals surface area (Å²) in [6.07, 6.45) is 0. The van der Waals surface area contributed by atoms with Crippen molar-refractivity contribution >= 4 is 11.6 Å². The molecule has 3 N–H and O–H groups in total. The van der Waals surface area contributed by atoms with E-state index in [1.807, 2.05) is 26.0 Å². The molecule has 1 heterocycles. The molecule has 0 aliphatic carbocycles. The van der Waals surface area contributed by atoms with Gasteiger partial charge in [-0.25, -0.2) is 9.97 Å². The molecule has 0 spiro atoms. The second-order valence-corrected chi connectivity index (χ2v) is 4.85. The van der Waals surface area contributed by atoms with Gasteiger partial charge in [-0.15, -0.1) is 0 Å². The Morgan fingerprint density at radius 1 is 1.25 bits per heavy atom. The number of nitriles is 1. The molecule has 2 rings (SSSR count). The summed E-state index contributed by atoms with van der Waals surface area (Å²) in [5.41, 5.74) is 7.51. The fourth-order valence-corrected chi connectivity index (χ4v) is 1.72. The van der Waals surface area contributed by atoms with Crippen LogP contribution >= 0.6 is 0 Å². The number of nitrogens with one attached hydrogen (secondary N) is 1. The fraction of sp³-hybridized carbons (Fsp3) is 0.267. The van der Waals surface area contributed by atoms with E-state index < -0.39 is 0 Å². The molecule has 0 amide bonds. The zero-order chi connectivity index (χ0) is 14.5. The molecule has 102 valence electrons. The summed E-state index contributed by atoms with van der Waals surface area (Å²) in [7, 11) is 0. The van der Waals surface area contributed by atoms with Crippen LogP contribution in [-0.2, 0) is 6.54 Å². The highest BCUT2D eigenvalue weighted by Gasteiger charge is 2.06. The Morgan fingerprint density at radius 2 is 1.95 bits per heavy atom. The predicted molar refractivity (Wildman–Crippen MR) is 79.0 cm³/mol. The van der Waals surface area contributed by atoms with Crippen molar-refractivity contribution in [3.05, 3.63) is 47.3 Å². The van der Waals surface area contributed by atoms with E-state index in [4.69, 9.17) is 11.0 Å². The first-order chi connectivity index (χ1) is 9.58. The van der Waals surface area contributed by atoms with Crippen LogP contribution in [0.3, 0.4) is 0 Å². The third-order valence-corrected chi connectivity index (χ3v) is 2.84. The lowest BCUT2D eigenvalue weighted by Gasteiger charge is -2.10. The van der Waals surface area contributed by atoms with E-state index in [0.29, 0.717) is 23.7 Å². The molecule has 0 fully saturated rings. The van der Waals surface area contributed by atoms with E-state index in [1.54, 1.807) is 18.2 Å². The molecule has 0 saturated carbocycles. The molecule has 0 atom stereocenters. The first-order valence-electron chi connectivity index (χ1n) is 6.46. The summed E-state index contributed by atoms with van der Waals surface area (Å²) >= 11 is 0. The molecule has 5 nitrogen and oxygen atoms in total. The summed E-state index contributed by atoms with van der Waals surface area (Å²) < 4.78 is 0. The average molecular weight is 267 g/mol. The molecule has 1 aromatic heterocycles. The van der Waals surface area contributed by atoms with Gasteiger partial charge in [-0.05, 0) is 17.7 Å². The number of anilines is 2. The van der Waals surface area contributed by atoms with E-state index in [2.05, 4.69) is 21.4 Å². The van der Waals surface area contributed by atoms with Gasteiger partial charge in [0.25, 0.3) is 0 Å². The summed E-state index contributed by atoms with van der Waals surface area (Å²) in [5.74, 6) is 2.14. The lowest BCUT2D eigenvalue weighted by Crippen LogP contribution is -2.07. The molecule has 0 radical (unpaired) electrons. The maximum absolute atomic E-state index is 8.75. The van der Waals surface area contributed by atoms with E-state index in [-0.39, 0.29) is 5.92 Å². The van der Waals surface area contributed by atoms with Gasteiger partial charge in [-0.2, -0.15) is 5.26 Å². The summed E-state index contributed by atoms with van der Waals surface area (Å²) in [5, 5.41) is 12.0. The van der Waals surface area contributed by atoms with Crippen LogP contribution in [0.25, 0.3) is 0 Å². The number of nitrogen functional groups attached to an aromatic ring is 1. The van der Waals surface area contributed by atoms with Crippen molar-refractivity contribution in [2.24, 2.45) is 0 Å². The van der Waals surface area contributed by atoms with Crippen LogP contribution in [0.15, 0.2) is 30.3 Å². The second kappa shape index (κ2) is 6.02. The van der Waals surface area contributed by atoms with Crippen LogP contribution in [0.1, 0.15) is 36.7 Å². The minimum atomic E-state index is 0.231. The van der Waals surface area contributed by atoms with Crippen molar-refractivity contribution in [3.63, 3.8) is 0 Å². The third-order valence-electron chi connectivity index (χ3n) is 2.84. The molecular formula is C15H17N5. The van der Waals surface area contributed by atoms with Gasteiger partial charge in [-0.3, -0.25) is 0 Å². The molecule has 1 aromatic carbocycles. The van der Waals surface area contributed by atoms with Gasteiger partial charge < -0.3 is 11.1 Å². The lowest BCUT2D eigenvalue weighted by atomic mass is 10.1. The van der Waals surface area contributed by atoms with Gasteiger partial charge in [-0.1, -0.05) is 26.0 Å². The second-order valence-electron chi connectivity index (χ2n) is 4.85. The Bertz CT molecular complexity index is 626. The summed E-state index contributed by atoms with van der Waals surface area (Å²) in [4.78, 5) is 8.63. The quantitative estimate of drug-likeness (QED) is 0.889. The van der Waals surface area contributed by atoms with Gasteiger partial charge in [0.15, 0.2) is 0 Å². The Hall–Kier alpha value is -2.61. The van der Waals surface area contributed by atoms with Crippen LogP contribution < -0.4 is 11.1 Å². The SMILES string of the molecule is CC(C)c1nc(N)cc(NCc2ccc(C#N)cc2)n1. The molecule has 0 aliphatic rings. The molecular weight excluding hydrogens is 250 g/mol. The first-order valence-corrected chi connectivity index (χ1v) is 6.46. The maximum Gasteiger partial charge on any atom is 0.135 e. The van der Waals surface area contributed by atoms with Crippen molar-refractivity contribution in [2.45, 2.75) is 26.3 Å². The fourth-order valence-electron chi connectivity index (χ4n) is 1.72. The Kier molecular flexibility index (Phi) is 4.16. The zero-order valence-electron chi connectivity index (χ0n) is 11.6. The number of hydrogen-bond donors (Lipinski definition) is 2. The molecule has 0 aliphatic heterocycles. The topological polar surface area (TPSA) is 87.6 Å². The van der Waals surface area contributed by atoms with Crippen LogP contribution in [0.4, 0.5) is 11.6 Å². The minimum Gasteiger partial charge on any atom is -0.384 e. The number of benzene rings is 1. The van der Waals surface area contributed by atoms with Gasteiger partial charge in [0.05, 0.1) is 11.6 Å². The number of nitrogens with zero attached hydrogens (tertiary/aromatic N) is 3. The largest absolute Gasteiger partial charge is 0.384 e. The van der Waals surface area contributed by atoms with Crippen LogP contribution in [0.5, 0.6) is 0 Å². The van der Waals surface area contributed by atoms with Gasteiger partial charge in [0, 0.05) is 18.5 Å². The van der Waals surface area contributed by atoms with E-state index in [1.165, 1.54) is 0 Å². The highest BCUT2D eigenvalue weighted by molar-refractivity contribution is 5.45. The normalized spacial score (nSPS) is 10.3. The van der Waals surface area contributed by atoms with Crippen LogP contribution in [0.2, 0.25) is 0 Å². The molecule has 0 saturated heterocycles. The molecule has 20 heavy (non-hydrogen) atoms. The standard InChI is InChI=1S/C15H17N5/c1-10(2)15-19-13(17)7-14(20-15)18-9-12-5-3-11(8-16)4-6-12/h3-7,10H,9H2,1-2H3,(H3,17,18,19,20). The predicted octanol–water partition coefficient (Wildman–Crippen LogP) is 2.67. The Morgan fingerprint density at radius 3 is 2.55 bits per heavy atom. The van der Waals surface area contributed by atoms with E-state index >= 15 is 0 Å². The van der Waals surface area contributed by atoms with Crippen LogP contribution in [-0.4, -0.2) is 9.97 Å². The maximum atomic E-state index is 8.75. The van der Waals surface area contributed by atoms with Crippen molar-refractivity contribution in [1.82, 2.24) is 9.97 Å². The molecule has 2 aromatic rings. The van der Waals surface area contributed by atoms with Crippen LogP contribution in [0, 0.1) is 11.3 Å². The number of rotatable bonds is 4. The minimum absolute atomic E-state index is 0.231. The first kappa shape index (κ1) is 13.8. The number of nitrogens with two attached hydrogens (primary N) is 1. The van der Waals surface area contributed by atoms with Crippen molar-refractivity contribution in [1.29, 1.82) is 5.26 Å². The zero-order valence-corrected chi connectivity index (χ0v) is 11.6. The van der Waals surface area contributed by atoms with E-state index in [9.17, 15) is 0 Å². The number of hydrogen-bond acceptors (Lipinski definition) is 5. The van der Waals surface area contributed by atoms with Crippen molar-refractivity contribution in [2.75, 3.05) is 11.1 Å². The smallest absolute Gasteiger partial charge is 0.135 e. The number of aromatic nitrogens is 2. The molecule has 0 unspecified atom stereocenters. The van der Waals surface area contributed by atoms with E-state index in [0.717, 1.165) is 11.4 Å².